The molecule has 0 fully saturated rings. The summed E-state index contributed by atoms with van der Waals surface area (Å²) in [7, 11) is -2.50. The van der Waals surface area contributed by atoms with E-state index in [0.29, 0.717) is 0 Å². The number of rotatable bonds is 5. The molecule has 0 aliphatic rings. The summed E-state index contributed by atoms with van der Waals surface area (Å²) in [6, 6.07) is 0.0157. The maximum atomic E-state index is 12.2. The van der Waals surface area contributed by atoms with Crippen molar-refractivity contribution in [1.29, 1.82) is 0 Å². The normalized spacial score (nSPS) is 11.8. The predicted octanol–water partition coefficient (Wildman–Crippen LogP) is 0.696. The standard InChI is InChI=1S/C11H15N5O4S/c1-7(2)16-6-8(4-13-16)21(19,20)14-9-5-12-15(3)10(9)11(17)18/h4-7,14H,1-3H3,(H,17,18). The first kappa shape index (κ1) is 15.0. The van der Waals surface area contributed by atoms with E-state index in [4.69, 9.17) is 5.11 Å². The van der Waals surface area contributed by atoms with Gasteiger partial charge in [0.2, 0.25) is 0 Å². The van der Waals surface area contributed by atoms with Crippen LogP contribution in [0.1, 0.15) is 30.4 Å². The van der Waals surface area contributed by atoms with Crippen molar-refractivity contribution in [2.24, 2.45) is 7.05 Å². The van der Waals surface area contributed by atoms with E-state index in [1.165, 1.54) is 24.1 Å². The minimum Gasteiger partial charge on any atom is -0.476 e. The average molecular weight is 313 g/mol. The number of aromatic nitrogens is 4. The van der Waals surface area contributed by atoms with Crippen LogP contribution in [0.5, 0.6) is 0 Å². The van der Waals surface area contributed by atoms with Gasteiger partial charge in [-0.3, -0.25) is 14.1 Å². The summed E-state index contributed by atoms with van der Waals surface area (Å²) >= 11 is 0. The number of aryl methyl sites for hydroxylation is 1. The topological polar surface area (TPSA) is 119 Å². The van der Waals surface area contributed by atoms with E-state index in [2.05, 4.69) is 14.9 Å². The highest BCUT2D eigenvalue weighted by Gasteiger charge is 2.23. The SMILES string of the molecule is CC(C)n1cc(S(=O)(=O)Nc2cnn(C)c2C(=O)O)cn1. The molecule has 2 N–H and O–H groups in total. The van der Waals surface area contributed by atoms with Crippen molar-refractivity contribution in [3.05, 3.63) is 24.3 Å². The fourth-order valence-electron chi connectivity index (χ4n) is 1.71. The van der Waals surface area contributed by atoms with Gasteiger partial charge in [0.15, 0.2) is 5.69 Å². The zero-order valence-corrected chi connectivity index (χ0v) is 12.5. The second-order valence-corrected chi connectivity index (χ2v) is 6.37. The summed E-state index contributed by atoms with van der Waals surface area (Å²) in [5, 5.41) is 16.8. The minimum absolute atomic E-state index is 0.0157. The van der Waals surface area contributed by atoms with Crippen LogP contribution in [0, 0.1) is 0 Å². The molecule has 2 aromatic rings. The number of hydrogen-bond donors (Lipinski definition) is 2. The number of nitrogens with zero attached hydrogens (tertiary/aromatic N) is 4. The Balaban J connectivity index is 2.35. The van der Waals surface area contributed by atoms with Gasteiger partial charge in [0, 0.05) is 19.3 Å². The third kappa shape index (κ3) is 2.89. The Morgan fingerprint density at radius 1 is 1.33 bits per heavy atom. The Kier molecular flexibility index (Phi) is 3.73. The van der Waals surface area contributed by atoms with Crippen molar-refractivity contribution < 1.29 is 18.3 Å². The molecule has 0 bridgehead atoms. The second kappa shape index (κ2) is 5.20. The number of sulfonamides is 1. The molecule has 0 saturated heterocycles. The monoisotopic (exact) mass is 313 g/mol. The van der Waals surface area contributed by atoms with Crippen LogP contribution in [0.4, 0.5) is 5.69 Å². The first-order chi connectivity index (χ1) is 9.72. The lowest BCUT2D eigenvalue weighted by atomic mass is 10.4. The van der Waals surface area contributed by atoms with E-state index >= 15 is 0 Å². The van der Waals surface area contributed by atoms with Crippen molar-refractivity contribution in [3.8, 4) is 0 Å². The molecule has 2 rings (SSSR count). The molecule has 0 saturated carbocycles. The van der Waals surface area contributed by atoms with Crippen LogP contribution in [-0.2, 0) is 17.1 Å². The van der Waals surface area contributed by atoms with Crippen LogP contribution in [0.25, 0.3) is 0 Å². The molecule has 0 aliphatic carbocycles. The van der Waals surface area contributed by atoms with Crippen LogP contribution >= 0.6 is 0 Å². The zero-order valence-electron chi connectivity index (χ0n) is 11.7. The largest absolute Gasteiger partial charge is 0.476 e. The van der Waals surface area contributed by atoms with Gasteiger partial charge in [-0.1, -0.05) is 0 Å². The maximum absolute atomic E-state index is 12.2. The smallest absolute Gasteiger partial charge is 0.356 e. The Hall–Kier alpha value is -2.36. The number of carbonyl (C=O) groups is 1. The molecular weight excluding hydrogens is 298 g/mol. The molecule has 0 aromatic carbocycles. The molecule has 21 heavy (non-hydrogen) atoms. The highest BCUT2D eigenvalue weighted by Crippen LogP contribution is 2.20. The van der Waals surface area contributed by atoms with Gasteiger partial charge in [0.25, 0.3) is 10.0 Å². The average Bonchev–Trinajstić information content (AvgIpc) is 2.96. The van der Waals surface area contributed by atoms with E-state index < -0.39 is 16.0 Å². The zero-order chi connectivity index (χ0) is 15.8. The molecule has 10 heteroatoms. The molecule has 2 aromatic heterocycles. The molecule has 9 nitrogen and oxygen atoms in total. The van der Waals surface area contributed by atoms with Crippen molar-refractivity contribution in [1.82, 2.24) is 19.6 Å². The Morgan fingerprint density at radius 2 is 2.00 bits per heavy atom. The lowest BCUT2D eigenvalue weighted by Crippen LogP contribution is -2.15. The lowest BCUT2D eigenvalue weighted by Gasteiger charge is -2.06. The minimum atomic E-state index is -3.92. The molecule has 0 amide bonds. The number of nitrogens with one attached hydrogen (secondary N) is 1. The van der Waals surface area contributed by atoms with Gasteiger partial charge >= 0.3 is 5.97 Å². The lowest BCUT2D eigenvalue weighted by molar-refractivity contribution is 0.0686. The number of anilines is 1. The van der Waals surface area contributed by atoms with Crippen molar-refractivity contribution >= 4 is 21.7 Å². The van der Waals surface area contributed by atoms with Crippen LogP contribution < -0.4 is 4.72 Å². The van der Waals surface area contributed by atoms with Gasteiger partial charge in [-0.15, -0.1) is 0 Å². The molecule has 114 valence electrons. The van der Waals surface area contributed by atoms with Crippen molar-refractivity contribution in [2.45, 2.75) is 24.8 Å². The van der Waals surface area contributed by atoms with Gasteiger partial charge in [-0.25, -0.2) is 13.2 Å². The molecule has 2 heterocycles. The second-order valence-electron chi connectivity index (χ2n) is 4.69. The van der Waals surface area contributed by atoms with Gasteiger partial charge in [-0.2, -0.15) is 10.2 Å². The molecular formula is C11H15N5O4S. The maximum Gasteiger partial charge on any atom is 0.356 e. The molecule has 0 aliphatic heterocycles. The van der Waals surface area contributed by atoms with Gasteiger partial charge in [0.1, 0.15) is 10.6 Å². The Bertz CT molecular complexity index is 774. The molecule has 0 spiro atoms. The third-order valence-electron chi connectivity index (χ3n) is 2.80. The van der Waals surface area contributed by atoms with E-state index in [0.717, 1.165) is 10.9 Å². The first-order valence-corrected chi connectivity index (χ1v) is 7.53. The Labute approximate surface area is 121 Å². The fourth-order valence-corrected chi connectivity index (χ4v) is 2.70. The summed E-state index contributed by atoms with van der Waals surface area (Å²) in [4.78, 5) is 11.1. The van der Waals surface area contributed by atoms with Crippen LogP contribution in [-0.4, -0.2) is 39.1 Å². The summed E-state index contributed by atoms with van der Waals surface area (Å²) in [6.45, 7) is 3.72. The van der Waals surface area contributed by atoms with Crippen LogP contribution in [0.15, 0.2) is 23.5 Å². The molecule has 0 radical (unpaired) electrons. The highest BCUT2D eigenvalue weighted by atomic mass is 32.2. The fraction of sp³-hybridized carbons (Fsp3) is 0.364. The summed E-state index contributed by atoms with van der Waals surface area (Å²) in [6.07, 6.45) is 3.73. The van der Waals surface area contributed by atoms with E-state index in [9.17, 15) is 13.2 Å². The number of carboxylic acids is 1. The van der Waals surface area contributed by atoms with E-state index in [1.54, 1.807) is 0 Å². The third-order valence-corrected chi connectivity index (χ3v) is 4.12. The van der Waals surface area contributed by atoms with E-state index in [1.807, 2.05) is 13.8 Å². The van der Waals surface area contributed by atoms with Crippen LogP contribution in [0.3, 0.4) is 0 Å². The summed E-state index contributed by atoms with van der Waals surface area (Å²) in [5.41, 5.74) is -0.336. The van der Waals surface area contributed by atoms with Gasteiger partial charge in [0.05, 0.1) is 12.4 Å². The van der Waals surface area contributed by atoms with Crippen LogP contribution in [0.2, 0.25) is 0 Å². The van der Waals surface area contributed by atoms with Crippen molar-refractivity contribution in [3.63, 3.8) is 0 Å². The molecule has 0 unspecified atom stereocenters. The number of hydrogen-bond acceptors (Lipinski definition) is 5. The summed E-state index contributed by atoms with van der Waals surface area (Å²) in [5.74, 6) is -1.27. The predicted molar refractivity (Wildman–Crippen MR) is 73.6 cm³/mol. The van der Waals surface area contributed by atoms with Crippen molar-refractivity contribution in [2.75, 3.05) is 4.72 Å². The Morgan fingerprint density at radius 3 is 2.52 bits per heavy atom. The van der Waals surface area contributed by atoms with E-state index in [-0.39, 0.29) is 22.3 Å². The quantitative estimate of drug-likeness (QED) is 0.838. The number of carboxylic acid groups (broad SMARTS) is 1. The molecule has 0 atom stereocenters. The summed E-state index contributed by atoms with van der Waals surface area (Å²) < 4.78 is 29.2. The highest BCUT2D eigenvalue weighted by molar-refractivity contribution is 7.92. The van der Waals surface area contributed by atoms with Gasteiger partial charge in [-0.05, 0) is 13.8 Å². The first-order valence-electron chi connectivity index (χ1n) is 6.04. The number of aromatic carboxylic acids is 1. The van der Waals surface area contributed by atoms with Gasteiger partial charge < -0.3 is 5.11 Å².